The molecule has 12 heteroatoms. The van der Waals surface area contributed by atoms with Gasteiger partial charge in [-0.2, -0.15) is 13.2 Å². The monoisotopic (exact) mass is 408 g/mol. The topological polar surface area (TPSA) is 117 Å². The molecule has 0 aliphatic heterocycles. The van der Waals surface area contributed by atoms with E-state index >= 15 is 0 Å². The molecule has 0 aliphatic rings. The number of aliphatic carboxylic acids is 1. The molecule has 0 spiro atoms. The molecule has 2 aromatic heterocycles. The maximum absolute atomic E-state index is 10.8. The van der Waals surface area contributed by atoms with Crippen LogP contribution in [0.1, 0.15) is 54.0 Å². The minimum absolute atomic E-state index is 0.00334. The summed E-state index contributed by atoms with van der Waals surface area (Å²) in [6, 6.07) is 0.367. The maximum Gasteiger partial charge on any atom is 0.490 e. The molecule has 0 aromatic carbocycles. The van der Waals surface area contributed by atoms with E-state index in [4.69, 9.17) is 15.0 Å². The number of carboxylic acid groups (broad SMARTS) is 2. The zero-order chi connectivity index (χ0) is 20.8. The lowest BCUT2D eigenvalue weighted by atomic mass is 10.3. The normalized spacial score (nSPS) is 12.4. The zero-order valence-electron chi connectivity index (χ0n) is 14.7. The summed E-state index contributed by atoms with van der Waals surface area (Å²) < 4.78 is 33.8. The smallest absolute Gasteiger partial charge is 0.476 e. The van der Waals surface area contributed by atoms with E-state index in [1.54, 1.807) is 5.38 Å². The highest BCUT2D eigenvalue weighted by Crippen LogP contribution is 2.19. The van der Waals surface area contributed by atoms with Crippen LogP contribution in [0.5, 0.6) is 0 Å². The first-order valence-corrected chi connectivity index (χ1v) is 8.54. The number of carbonyl (C=O) groups is 2. The first kappa shape index (κ1) is 22.6. The van der Waals surface area contributed by atoms with Crippen LogP contribution in [0.25, 0.3) is 0 Å². The van der Waals surface area contributed by atoms with Gasteiger partial charge in [-0.3, -0.25) is 0 Å². The quantitative estimate of drug-likeness (QED) is 0.672. The molecule has 0 bridgehead atoms. The lowest BCUT2D eigenvalue weighted by molar-refractivity contribution is -0.192. The average Bonchev–Trinajstić information content (AvgIpc) is 3.21. The summed E-state index contributed by atoms with van der Waals surface area (Å²) in [6.07, 6.45) is -1.43. The van der Waals surface area contributed by atoms with Gasteiger partial charge in [0, 0.05) is 24.2 Å². The number of carboxylic acids is 2. The molecule has 0 fully saturated rings. The van der Waals surface area contributed by atoms with Crippen LogP contribution in [0, 0.1) is 0 Å². The molecule has 0 saturated carbocycles. The highest BCUT2D eigenvalue weighted by Gasteiger charge is 2.38. The molecule has 8 nitrogen and oxygen atoms in total. The molecule has 2 heterocycles. The molecule has 0 amide bonds. The van der Waals surface area contributed by atoms with Gasteiger partial charge in [0.25, 0.3) is 0 Å². The number of rotatable bonds is 6. The average molecular weight is 408 g/mol. The van der Waals surface area contributed by atoms with Crippen molar-refractivity contribution in [3.8, 4) is 0 Å². The predicted octanol–water partition coefficient (Wildman–Crippen LogP) is 3.10. The summed E-state index contributed by atoms with van der Waals surface area (Å²) in [5.41, 5.74) is 1.20. The number of aromatic nitrogens is 3. The number of alkyl halides is 3. The molecule has 0 aliphatic carbocycles. The third kappa shape index (κ3) is 6.98. The van der Waals surface area contributed by atoms with E-state index in [0.717, 1.165) is 10.7 Å². The molecular formula is C15H19F3N4O4S. The summed E-state index contributed by atoms with van der Waals surface area (Å²) in [4.78, 5) is 28.0. The minimum Gasteiger partial charge on any atom is -0.476 e. The van der Waals surface area contributed by atoms with Crippen LogP contribution in [0.15, 0.2) is 17.9 Å². The van der Waals surface area contributed by atoms with E-state index in [9.17, 15) is 18.0 Å². The number of thiazole rings is 1. The number of nitrogens with one attached hydrogen (secondary N) is 1. The number of aromatic carboxylic acids is 1. The lowest BCUT2D eigenvalue weighted by Crippen LogP contribution is -2.21. The predicted molar refractivity (Wildman–Crippen MR) is 90.6 cm³/mol. The van der Waals surface area contributed by atoms with Crippen LogP contribution < -0.4 is 5.32 Å². The van der Waals surface area contributed by atoms with E-state index in [1.807, 2.05) is 19.4 Å². The Morgan fingerprint density at radius 2 is 1.89 bits per heavy atom. The Kier molecular flexibility index (Phi) is 7.91. The molecule has 3 N–H and O–H groups in total. The standard InChI is InChI=1S/C13H18N4O2S.C2HF3O2/c1-8(2)17-7-14-4-10(17)5-15-9(3)12-16-11(6-20-12)13(18)19;3-2(4,5)1(6)7/h4,6-9,15H,5H2,1-3H3,(H,18,19);(H,6,7). The van der Waals surface area contributed by atoms with Crippen molar-refractivity contribution in [1.29, 1.82) is 0 Å². The molecule has 2 rings (SSSR count). The summed E-state index contributed by atoms with van der Waals surface area (Å²) in [6.45, 7) is 6.85. The summed E-state index contributed by atoms with van der Waals surface area (Å²) in [5, 5.41) is 21.7. The van der Waals surface area contributed by atoms with Gasteiger partial charge in [0.2, 0.25) is 0 Å². The van der Waals surface area contributed by atoms with Gasteiger partial charge in [-0.25, -0.2) is 19.6 Å². The van der Waals surface area contributed by atoms with Gasteiger partial charge in [0.05, 0.1) is 18.1 Å². The molecule has 27 heavy (non-hydrogen) atoms. The number of nitrogens with zero attached hydrogens (tertiary/aromatic N) is 3. The Balaban J connectivity index is 0.000000445. The second-order valence-corrected chi connectivity index (χ2v) is 6.56. The molecule has 1 atom stereocenters. The summed E-state index contributed by atoms with van der Waals surface area (Å²) in [5.74, 6) is -3.75. The minimum atomic E-state index is -5.08. The number of halogens is 3. The van der Waals surface area contributed by atoms with Crippen molar-refractivity contribution in [3.63, 3.8) is 0 Å². The lowest BCUT2D eigenvalue weighted by Gasteiger charge is -2.14. The fourth-order valence-electron chi connectivity index (χ4n) is 1.86. The molecular weight excluding hydrogens is 389 g/mol. The highest BCUT2D eigenvalue weighted by atomic mass is 32.1. The highest BCUT2D eigenvalue weighted by molar-refractivity contribution is 7.09. The largest absolute Gasteiger partial charge is 0.490 e. The van der Waals surface area contributed by atoms with E-state index in [-0.39, 0.29) is 11.7 Å². The number of hydrogen-bond donors (Lipinski definition) is 3. The first-order valence-electron chi connectivity index (χ1n) is 7.66. The molecule has 1 unspecified atom stereocenters. The zero-order valence-corrected chi connectivity index (χ0v) is 15.5. The van der Waals surface area contributed by atoms with Gasteiger partial charge < -0.3 is 20.1 Å². The van der Waals surface area contributed by atoms with Crippen molar-refractivity contribution in [2.75, 3.05) is 0 Å². The van der Waals surface area contributed by atoms with Gasteiger partial charge in [-0.05, 0) is 20.8 Å². The van der Waals surface area contributed by atoms with Crippen molar-refractivity contribution in [2.45, 2.75) is 45.6 Å². The van der Waals surface area contributed by atoms with Crippen LogP contribution in [0.3, 0.4) is 0 Å². The van der Waals surface area contributed by atoms with Crippen LogP contribution in [0.4, 0.5) is 13.2 Å². The van der Waals surface area contributed by atoms with Crippen molar-refractivity contribution in [1.82, 2.24) is 19.9 Å². The van der Waals surface area contributed by atoms with Crippen LogP contribution in [0.2, 0.25) is 0 Å². The third-order valence-corrected chi connectivity index (χ3v) is 4.27. The van der Waals surface area contributed by atoms with Gasteiger partial charge in [0.15, 0.2) is 5.69 Å². The Labute approximate surface area is 156 Å². The van der Waals surface area contributed by atoms with Gasteiger partial charge >= 0.3 is 18.1 Å². The Bertz CT molecular complexity index is 773. The number of hydrogen-bond acceptors (Lipinski definition) is 6. The molecule has 0 radical (unpaired) electrons. The Morgan fingerprint density at radius 1 is 1.30 bits per heavy atom. The number of imidazole rings is 1. The fourth-order valence-corrected chi connectivity index (χ4v) is 2.69. The van der Waals surface area contributed by atoms with Gasteiger partial charge in [-0.1, -0.05) is 0 Å². The summed E-state index contributed by atoms with van der Waals surface area (Å²) in [7, 11) is 0. The van der Waals surface area contributed by atoms with E-state index in [0.29, 0.717) is 12.6 Å². The summed E-state index contributed by atoms with van der Waals surface area (Å²) >= 11 is 1.36. The molecule has 150 valence electrons. The molecule has 2 aromatic rings. The van der Waals surface area contributed by atoms with E-state index in [1.165, 1.54) is 11.3 Å². The van der Waals surface area contributed by atoms with Crippen LogP contribution in [-0.4, -0.2) is 42.9 Å². The van der Waals surface area contributed by atoms with Gasteiger partial charge in [0.1, 0.15) is 5.01 Å². The maximum atomic E-state index is 10.8. The Hall–Kier alpha value is -2.47. The fraction of sp³-hybridized carbons (Fsp3) is 0.467. The van der Waals surface area contributed by atoms with Gasteiger partial charge in [-0.15, -0.1) is 11.3 Å². The third-order valence-electron chi connectivity index (χ3n) is 3.25. The van der Waals surface area contributed by atoms with Crippen LogP contribution >= 0.6 is 11.3 Å². The molecule has 0 saturated heterocycles. The van der Waals surface area contributed by atoms with E-state index < -0.39 is 18.1 Å². The second-order valence-electron chi connectivity index (χ2n) is 5.67. The second kappa shape index (κ2) is 9.46. The van der Waals surface area contributed by atoms with E-state index in [2.05, 4.69) is 33.7 Å². The van der Waals surface area contributed by atoms with Crippen molar-refractivity contribution in [3.05, 3.63) is 34.3 Å². The Morgan fingerprint density at radius 3 is 2.33 bits per heavy atom. The van der Waals surface area contributed by atoms with Crippen molar-refractivity contribution < 1.29 is 33.0 Å². The first-order chi connectivity index (χ1) is 12.4. The SMILES string of the molecule is CC(NCc1cncn1C(C)C)c1nc(C(=O)O)cs1.O=C(O)C(F)(F)F. The van der Waals surface area contributed by atoms with Crippen molar-refractivity contribution in [2.24, 2.45) is 0 Å². The van der Waals surface area contributed by atoms with Crippen molar-refractivity contribution >= 4 is 23.3 Å². The van der Waals surface area contributed by atoms with Crippen LogP contribution in [-0.2, 0) is 11.3 Å².